The van der Waals surface area contributed by atoms with E-state index in [2.05, 4.69) is 20.2 Å². The van der Waals surface area contributed by atoms with E-state index in [-0.39, 0.29) is 0 Å². The molecule has 98 valence electrons. The molecule has 1 aliphatic heterocycles. The largest absolute Gasteiger partial charge is 0.352 e. The van der Waals surface area contributed by atoms with Crippen LogP contribution in [0.1, 0.15) is 36.9 Å². The molecule has 1 saturated heterocycles. The van der Waals surface area contributed by atoms with Gasteiger partial charge in [-0.15, -0.1) is 0 Å². The van der Waals surface area contributed by atoms with Crippen molar-refractivity contribution in [3.63, 3.8) is 0 Å². The Kier molecular flexibility index (Phi) is 3.46. The average molecular weight is 246 g/mol. The topological polar surface area (TPSA) is 41.0 Å². The van der Waals surface area contributed by atoms with Gasteiger partial charge in [0.2, 0.25) is 0 Å². The van der Waals surface area contributed by atoms with Crippen molar-refractivity contribution in [3.05, 3.63) is 17.6 Å². The van der Waals surface area contributed by atoms with E-state index < -0.39 is 0 Å². The molecule has 3 rings (SSSR count). The van der Waals surface area contributed by atoms with Gasteiger partial charge in [-0.25, -0.2) is 9.97 Å². The number of piperidine rings is 1. The molecule has 1 unspecified atom stereocenters. The van der Waals surface area contributed by atoms with Crippen molar-refractivity contribution in [2.24, 2.45) is 0 Å². The molecule has 1 aliphatic carbocycles. The highest BCUT2D eigenvalue weighted by Crippen LogP contribution is 2.31. The van der Waals surface area contributed by atoms with E-state index in [1.807, 2.05) is 7.05 Å². The summed E-state index contributed by atoms with van der Waals surface area (Å²) in [5, 5.41) is 3.32. The number of nitrogens with one attached hydrogen (secondary N) is 1. The van der Waals surface area contributed by atoms with Crippen LogP contribution in [0.4, 0.5) is 5.82 Å². The second kappa shape index (κ2) is 5.22. The highest BCUT2D eigenvalue weighted by Gasteiger charge is 2.27. The Balaban J connectivity index is 1.90. The van der Waals surface area contributed by atoms with Gasteiger partial charge in [-0.1, -0.05) is 0 Å². The molecular weight excluding hydrogens is 224 g/mol. The molecule has 4 nitrogen and oxygen atoms in total. The molecule has 0 spiro atoms. The van der Waals surface area contributed by atoms with Gasteiger partial charge in [0.15, 0.2) is 0 Å². The number of anilines is 1. The summed E-state index contributed by atoms with van der Waals surface area (Å²) in [6, 6.07) is 0.600. The molecule has 1 atom stereocenters. The van der Waals surface area contributed by atoms with Gasteiger partial charge < -0.3 is 10.2 Å². The van der Waals surface area contributed by atoms with Gasteiger partial charge in [0.05, 0.1) is 0 Å². The molecule has 0 amide bonds. The van der Waals surface area contributed by atoms with Crippen LogP contribution < -0.4 is 10.2 Å². The number of hydrogen-bond donors (Lipinski definition) is 1. The van der Waals surface area contributed by atoms with Gasteiger partial charge in [0.25, 0.3) is 0 Å². The molecule has 0 aromatic carbocycles. The van der Waals surface area contributed by atoms with Crippen molar-refractivity contribution >= 4 is 5.82 Å². The van der Waals surface area contributed by atoms with Crippen LogP contribution in [0, 0.1) is 0 Å². The maximum Gasteiger partial charge on any atom is 0.135 e. The summed E-state index contributed by atoms with van der Waals surface area (Å²) in [5.41, 5.74) is 2.70. The average Bonchev–Trinajstić information content (AvgIpc) is 2.88. The van der Waals surface area contributed by atoms with Crippen molar-refractivity contribution in [2.45, 2.75) is 44.6 Å². The van der Waals surface area contributed by atoms with Crippen molar-refractivity contribution in [2.75, 3.05) is 25.0 Å². The van der Waals surface area contributed by atoms with Crippen LogP contribution in [0.3, 0.4) is 0 Å². The zero-order chi connectivity index (χ0) is 12.4. The van der Waals surface area contributed by atoms with Crippen LogP contribution in [-0.4, -0.2) is 36.1 Å². The van der Waals surface area contributed by atoms with Crippen LogP contribution in [0.25, 0.3) is 0 Å². The summed E-state index contributed by atoms with van der Waals surface area (Å²) in [5.74, 6) is 1.22. The minimum absolute atomic E-state index is 0.600. The maximum absolute atomic E-state index is 4.59. The number of rotatable bonds is 3. The summed E-state index contributed by atoms with van der Waals surface area (Å²) in [6.07, 6.45) is 9.20. The Bertz CT molecular complexity index is 416. The molecule has 1 fully saturated rings. The van der Waals surface area contributed by atoms with E-state index in [0.29, 0.717) is 6.04 Å². The Morgan fingerprint density at radius 1 is 1.28 bits per heavy atom. The fourth-order valence-corrected chi connectivity index (χ4v) is 3.32. The van der Waals surface area contributed by atoms with Crippen LogP contribution in [0.2, 0.25) is 0 Å². The smallest absolute Gasteiger partial charge is 0.135 e. The Labute approximate surface area is 109 Å². The number of hydrogen-bond acceptors (Lipinski definition) is 4. The normalized spacial score (nSPS) is 23.2. The van der Waals surface area contributed by atoms with Crippen molar-refractivity contribution in [3.8, 4) is 0 Å². The summed E-state index contributed by atoms with van der Waals surface area (Å²) in [6.45, 7) is 2.20. The second-order valence-electron chi connectivity index (χ2n) is 5.38. The minimum atomic E-state index is 0.600. The number of likely N-dealkylation sites (N-methyl/N-ethyl adjacent to an activating group) is 1. The Morgan fingerprint density at radius 2 is 2.22 bits per heavy atom. The third-order valence-corrected chi connectivity index (χ3v) is 4.19. The van der Waals surface area contributed by atoms with Crippen molar-refractivity contribution in [1.29, 1.82) is 0 Å². The molecule has 2 heterocycles. The first-order valence-corrected chi connectivity index (χ1v) is 7.14. The summed E-state index contributed by atoms with van der Waals surface area (Å²) in [4.78, 5) is 11.5. The fourth-order valence-electron chi connectivity index (χ4n) is 3.32. The summed E-state index contributed by atoms with van der Waals surface area (Å²) in [7, 11) is 2.04. The van der Waals surface area contributed by atoms with Crippen molar-refractivity contribution in [1.82, 2.24) is 15.3 Å². The van der Waals surface area contributed by atoms with E-state index in [1.165, 1.54) is 42.8 Å². The Morgan fingerprint density at radius 3 is 3.11 bits per heavy atom. The van der Waals surface area contributed by atoms with E-state index >= 15 is 0 Å². The predicted octanol–water partition coefficient (Wildman–Crippen LogP) is 1.54. The van der Waals surface area contributed by atoms with Crippen LogP contribution >= 0.6 is 0 Å². The number of aryl methyl sites for hydroxylation is 1. The summed E-state index contributed by atoms with van der Waals surface area (Å²) < 4.78 is 0. The maximum atomic E-state index is 4.59. The molecule has 0 saturated carbocycles. The third-order valence-electron chi connectivity index (χ3n) is 4.19. The molecule has 0 radical (unpaired) electrons. The van der Waals surface area contributed by atoms with E-state index in [1.54, 1.807) is 6.33 Å². The summed E-state index contributed by atoms with van der Waals surface area (Å²) >= 11 is 0. The lowest BCUT2D eigenvalue weighted by atomic mass is 10.0. The van der Waals surface area contributed by atoms with Crippen LogP contribution in [0.15, 0.2) is 6.33 Å². The van der Waals surface area contributed by atoms with E-state index in [4.69, 9.17) is 0 Å². The molecule has 2 aliphatic rings. The molecule has 18 heavy (non-hydrogen) atoms. The van der Waals surface area contributed by atoms with Gasteiger partial charge in [-0.05, 0) is 45.6 Å². The number of aromatic nitrogens is 2. The lowest BCUT2D eigenvalue weighted by molar-refractivity contribution is 0.442. The van der Waals surface area contributed by atoms with E-state index in [0.717, 1.165) is 25.9 Å². The van der Waals surface area contributed by atoms with Crippen LogP contribution in [0.5, 0.6) is 0 Å². The number of nitrogens with zero attached hydrogens (tertiary/aromatic N) is 3. The first kappa shape index (κ1) is 11.9. The third kappa shape index (κ3) is 2.09. The van der Waals surface area contributed by atoms with Crippen LogP contribution in [-0.2, 0) is 12.8 Å². The quantitative estimate of drug-likeness (QED) is 0.878. The fraction of sp³-hybridized carbons (Fsp3) is 0.714. The SMILES string of the molecule is CNCC1CCCCN1c1ncnc2c1CCC2. The highest BCUT2D eigenvalue weighted by atomic mass is 15.2. The Hall–Kier alpha value is -1.16. The lowest BCUT2D eigenvalue weighted by Gasteiger charge is -2.37. The molecule has 0 bridgehead atoms. The second-order valence-corrected chi connectivity index (χ2v) is 5.38. The van der Waals surface area contributed by atoms with Gasteiger partial charge >= 0.3 is 0 Å². The van der Waals surface area contributed by atoms with E-state index in [9.17, 15) is 0 Å². The van der Waals surface area contributed by atoms with Crippen molar-refractivity contribution < 1.29 is 0 Å². The molecule has 4 heteroatoms. The van der Waals surface area contributed by atoms with Gasteiger partial charge in [0, 0.05) is 30.4 Å². The molecule has 1 aromatic rings. The predicted molar refractivity (Wildman–Crippen MR) is 73.0 cm³/mol. The first-order valence-electron chi connectivity index (χ1n) is 7.14. The van der Waals surface area contributed by atoms with Gasteiger partial charge in [-0.2, -0.15) is 0 Å². The lowest BCUT2D eigenvalue weighted by Crippen LogP contribution is -2.45. The minimum Gasteiger partial charge on any atom is -0.352 e. The highest BCUT2D eigenvalue weighted by molar-refractivity contribution is 5.51. The zero-order valence-corrected chi connectivity index (χ0v) is 11.2. The molecule has 1 aromatic heterocycles. The first-order chi connectivity index (χ1) is 8.90. The molecular formula is C14H22N4. The standard InChI is InChI=1S/C14H22N4/c1-15-9-11-5-2-3-8-18(11)14-12-6-4-7-13(12)16-10-17-14/h10-11,15H,2-9H2,1H3. The zero-order valence-electron chi connectivity index (χ0n) is 11.2. The monoisotopic (exact) mass is 246 g/mol. The van der Waals surface area contributed by atoms with Gasteiger partial charge in [-0.3, -0.25) is 0 Å². The molecule has 1 N–H and O–H groups in total. The van der Waals surface area contributed by atoms with Gasteiger partial charge in [0.1, 0.15) is 12.1 Å². The number of fused-ring (bicyclic) bond motifs is 1.